The molecule has 2 aliphatic heterocycles. The number of thioether (sulfide) groups is 1. The maximum atomic E-state index is 13.2. The number of anilines is 1. The van der Waals surface area contributed by atoms with Gasteiger partial charge >= 0.3 is 0 Å². The number of fused-ring (bicyclic) bond motifs is 1. The number of hydrogen-bond donors (Lipinski definition) is 1. The molecule has 0 bridgehead atoms. The summed E-state index contributed by atoms with van der Waals surface area (Å²) < 4.78 is 0. The molecule has 1 aromatic rings. The lowest BCUT2D eigenvalue weighted by Crippen LogP contribution is -2.52. The topological polar surface area (TPSA) is 69.7 Å². The summed E-state index contributed by atoms with van der Waals surface area (Å²) in [4.78, 5) is 42.8. The van der Waals surface area contributed by atoms with Crippen LogP contribution in [0.25, 0.3) is 0 Å². The summed E-state index contributed by atoms with van der Waals surface area (Å²) in [5.74, 6) is -0.554. The minimum Gasteiger partial charge on any atom is -0.352 e. The van der Waals surface area contributed by atoms with Crippen molar-refractivity contribution in [2.45, 2.75) is 54.7 Å². The van der Waals surface area contributed by atoms with E-state index in [0.717, 1.165) is 49.1 Å². The highest BCUT2D eigenvalue weighted by atomic mass is 32.2. The number of carbonyl (C=O) groups is 3. The Morgan fingerprint density at radius 2 is 1.78 bits per heavy atom. The second kappa shape index (κ2) is 7.92. The molecule has 7 heteroatoms. The number of para-hydroxylation sites is 1. The number of carbonyl (C=O) groups excluding carboxylic acids is 3. The number of hydrogen-bond acceptors (Lipinski definition) is 4. The minimum atomic E-state index is -0.799. The van der Waals surface area contributed by atoms with Gasteiger partial charge in [-0.1, -0.05) is 25.0 Å². The average molecular weight is 388 g/mol. The Kier molecular flexibility index (Phi) is 5.38. The maximum Gasteiger partial charge on any atom is 0.250 e. The number of amides is 3. The van der Waals surface area contributed by atoms with Gasteiger partial charge in [0.1, 0.15) is 6.54 Å². The van der Waals surface area contributed by atoms with E-state index in [0.29, 0.717) is 13.1 Å². The highest BCUT2D eigenvalue weighted by Crippen LogP contribution is 2.39. The van der Waals surface area contributed by atoms with Crippen molar-refractivity contribution >= 4 is 35.2 Å². The zero-order chi connectivity index (χ0) is 18.8. The molecule has 1 atom stereocenters. The van der Waals surface area contributed by atoms with Gasteiger partial charge in [-0.2, -0.15) is 0 Å². The molecule has 1 aliphatic carbocycles. The van der Waals surface area contributed by atoms with Crippen molar-refractivity contribution in [2.24, 2.45) is 0 Å². The van der Waals surface area contributed by atoms with Crippen LogP contribution in [-0.2, 0) is 14.4 Å². The Bertz CT molecular complexity index is 742. The van der Waals surface area contributed by atoms with Crippen LogP contribution in [0.5, 0.6) is 0 Å². The van der Waals surface area contributed by atoms with Crippen LogP contribution in [0.1, 0.15) is 38.5 Å². The largest absolute Gasteiger partial charge is 0.352 e. The lowest BCUT2D eigenvalue weighted by Gasteiger charge is -2.34. The first kappa shape index (κ1) is 18.3. The molecule has 1 N–H and O–H groups in total. The second-order valence-corrected chi connectivity index (χ2v) is 8.62. The van der Waals surface area contributed by atoms with E-state index in [9.17, 15) is 14.4 Å². The van der Waals surface area contributed by atoms with Crippen LogP contribution in [0, 0.1) is 0 Å². The van der Waals surface area contributed by atoms with Gasteiger partial charge < -0.3 is 15.1 Å². The van der Waals surface area contributed by atoms with Gasteiger partial charge in [-0.3, -0.25) is 14.4 Å². The predicted octanol–water partition coefficient (Wildman–Crippen LogP) is 2.18. The SMILES string of the molecule is O=C(CN1C(=O)[C@H](C(=O)N2CCCCCC2)Sc2ccccc21)NC1CC1. The third-order valence-electron chi connectivity index (χ3n) is 5.28. The minimum absolute atomic E-state index is 0.0311. The van der Waals surface area contributed by atoms with Crippen molar-refractivity contribution in [3.05, 3.63) is 24.3 Å². The molecule has 1 saturated heterocycles. The summed E-state index contributed by atoms with van der Waals surface area (Å²) in [5.41, 5.74) is 0.721. The van der Waals surface area contributed by atoms with Gasteiger partial charge in [-0.05, 0) is 37.8 Å². The molecule has 2 heterocycles. The normalized spacial score (nSPS) is 22.8. The second-order valence-electron chi connectivity index (χ2n) is 7.47. The number of benzene rings is 1. The number of nitrogens with one attached hydrogen (secondary N) is 1. The summed E-state index contributed by atoms with van der Waals surface area (Å²) in [7, 11) is 0. The van der Waals surface area contributed by atoms with E-state index in [1.807, 2.05) is 29.2 Å². The maximum absolute atomic E-state index is 13.2. The van der Waals surface area contributed by atoms with Gasteiger partial charge in [0.15, 0.2) is 5.25 Å². The van der Waals surface area contributed by atoms with Crippen LogP contribution in [0.4, 0.5) is 5.69 Å². The summed E-state index contributed by atoms with van der Waals surface area (Å²) in [5, 5.41) is 2.13. The van der Waals surface area contributed by atoms with Crippen molar-refractivity contribution in [1.29, 1.82) is 0 Å². The molecule has 1 saturated carbocycles. The predicted molar refractivity (Wildman–Crippen MR) is 105 cm³/mol. The van der Waals surface area contributed by atoms with E-state index in [-0.39, 0.29) is 30.3 Å². The monoisotopic (exact) mass is 387 g/mol. The molecule has 1 aromatic carbocycles. The Morgan fingerprint density at radius 3 is 2.48 bits per heavy atom. The van der Waals surface area contributed by atoms with E-state index in [2.05, 4.69) is 5.32 Å². The first-order chi connectivity index (χ1) is 13.1. The van der Waals surface area contributed by atoms with Crippen LogP contribution < -0.4 is 10.2 Å². The summed E-state index contributed by atoms with van der Waals surface area (Å²) >= 11 is 1.32. The molecule has 4 rings (SSSR count). The molecular formula is C20H25N3O3S. The Hall–Kier alpha value is -2.02. The number of rotatable bonds is 4. The summed E-state index contributed by atoms with van der Waals surface area (Å²) in [6.45, 7) is 1.40. The van der Waals surface area contributed by atoms with E-state index in [1.165, 1.54) is 16.7 Å². The summed E-state index contributed by atoms with van der Waals surface area (Å²) in [6, 6.07) is 7.77. The Morgan fingerprint density at radius 1 is 1.07 bits per heavy atom. The smallest absolute Gasteiger partial charge is 0.250 e. The van der Waals surface area contributed by atoms with Gasteiger partial charge in [0.25, 0.3) is 5.91 Å². The van der Waals surface area contributed by atoms with E-state index in [1.54, 1.807) is 0 Å². The molecule has 0 aromatic heterocycles. The molecule has 0 spiro atoms. The quantitative estimate of drug-likeness (QED) is 0.804. The van der Waals surface area contributed by atoms with Crippen molar-refractivity contribution in [1.82, 2.24) is 10.2 Å². The van der Waals surface area contributed by atoms with Crippen LogP contribution in [0.3, 0.4) is 0 Å². The zero-order valence-corrected chi connectivity index (χ0v) is 16.2. The lowest BCUT2D eigenvalue weighted by atomic mass is 10.2. The van der Waals surface area contributed by atoms with Crippen LogP contribution in [-0.4, -0.2) is 53.5 Å². The van der Waals surface area contributed by atoms with Gasteiger partial charge in [-0.15, -0.1) is 11.8 Å². The molecule has 6 nitrogen and oxygen atoms in total. The molecule has 3 amide bonds. The molecular weight excluding hydrogens is 362 g/mol. The third kappa shape index (κ3) is 4.13. The van der Waals surface area contributed by atoms with Gasteiger partial charge in [-0.25, -0.2) is 0 Å². The first-order valence-electron chi connectivity index (χ1n) is 9.79. The molecule has 3 aliphatic rings. The van der Waals surface area contributed by atoms with Crippen molar-refractivity contribution in [3.63, 3.8) is 0 Å². The first-order valence-corrected chi connectivity index (χ1v) is 10.7. The Balaban J connectivity index is 1.55. The highest BCUT2D eigenvalue weighted by molar-refractivity contribution is 8.01. The number of nitrogens with zero attached hydrogens (tertiary/aromatic N) is 2. The van der Waals surface area contributed by atoms with E-state index < -0.39 is 5.25 Å². The number of likely N-dealkylation sites (tertiary alicyclic amines) is 1. The molecule has 0 radical (unpaired) electrons. The van der Waals surface area contributed by atoms with Crippen LogP contribution in [0.2, 0.25) is 0 Å². The molecule has 27 heavy (non-hydrogen) atoms. The van der Waals surface area contributed by atoms with Crippen molar-refractivity contribution in [3.8, 4) is 0 Å². The van der Waals surface area contributed by atoms with Gasteiger partial charge in [0.05, 0.1) is 5.69 Å². The van der Waals surface area contributed by atoms with Gasteiger partial charge in [0, 0.05) is 24.0 Å². The standard InChI is InChI=1S/C20H25N3O3S/c24-17(21-14-9-10-14)13-23-15-7-3-4-8-16(15)27-18(20(23)26)19(25)22-11-5-1-2-6-12-22/h3-4,7-8,14,18H,1-2,5-6,9-13H2,(H,21,24)/t18-/m0/s1. The van der Waals surface area contributed by atoms with Crippen LogP contribution in [0.15, 0.2) is 29.2 Å². The van der Waals surface area contributed by atoms with Gasteiger partial charge in [0.2, 0.25) is 11.8 Å². The Labute approximate surface area is 163 Å². The fourth-order valence-corrected chi connectivity index (χ4v) is 4.83. The average Bonchev–Trinajstić information content (AvgIpc) is 3.50. The molecule has 144 valence electrons. The molecule has 0 unspecified atom stereocenters. The van der Waals surface area contributed by atoms with E-state index >= 15 is 0 Å². The van der Waals surface area contributed by atoms with Crippen molar-refractivity contribution in [2.75, 3.05) is 24.5 Å². The molecule has 2 fully saturated rings. The van der Waals surface area contributed by atoms with Crippen molar-refractivity contribution < 1.29 is 14.4 Å². The summed E-state index contributed by atoms with van der Waals surface area (Å²) in [6.07, 6.45) is 6.24. The highest BCUT2D eigenvalue weighted by Gasteiger charge is 2.41. The van der Waals surface area contributed by atoms with Crippen LogP contribution >= 0.6 is 11.8 Å². The fraction of sp³-hybridized carbons (Fsp3) is 0.550. The lowest BCUT2D eigenvalue weighted by molar-refractivity contribution is -0.135. The zero-order valence-electron chi connectivity index (χ0n) is 15.4. The van der Waals surface area contributed by atoms with E-state index in [4.69, 9.17) is 0 Å². The fourth-order valence-electron chi connectivity index (χ4n) is 3.64. The third-order valence-corrected chi connectivity index (χ3v) is 6.52.